The molecular weight excluding hydrogens is 372 g/mol. The van der Waals surface area contributed by atoms with Gasteiger partial charge in [-0.2, -0.15) is 5.10 Å². The first-order chi connectivity index (χ1) is 13.7. The van der Waals surface area contributed by atoms with Crippen molar-refractivity contribution in [2.24, 2.45) is 0 Å². The molecule has 144 valence electrons. The van der Waals surface area contributed by atoms with Gasteiger partial charge in [0.15, 0.2) is 0 Å². The van der Waals surface area contributed by atoms with Crippen LogP contribution in [0.15, 0.2) is 64.8 Å². The Morgan fingerprint density at radius 3 is 2.43 bits per heavy atom. The minimum absolute atomic E-state index is 0.113. The third-order valence-corrected chi connectivity index (χ3v) is 5.74. The number of nitrogens with zero attached hydrogens (tertiary/aromatic N) is 4. The van der Waals surface area contributed by atoms with E-state index < -0.39 is 0 Å². The summed E-state index contributed by atoms with van der Waals surface area (Å²) in [5, 5.41) is 6.41. The van der Waals surface area contributed by atoms with Crippen LogP contribution in [-0.2, 0) is 13.1 Å². The number of carbonyl (C=O) groups excluding carboxylic acids is 1. The SMILES string of the molecule is O=C(c1ccc(=O)n(Cc2ccccc2)n1)N1CCN(Cc2cccs2)CC1. The molecule has 1 aromatic carbocycles. The van der Waals surface area contributed by atoms with Gasteiger partial charge in [-0.1, -0.05) is 36.4 Å². The van der Waals surface area contributed by atoms with Gasteiger partial charge in [-0.15, -0.1) is 11.3 Å². The molecule has 1 aliphatic rings. The fraction of sp³-hybridized carbons (Fsp3) is 0.286. The van der Waals surface area contributed by atoms with Crippen molar-refractivity contribution < 1.29 is 4.79 Å². The molecule has 0 unspecified atom stereocenters. The number of carbonyl (C=O) groups is 1. The number of amides is 1. The number of hydrogen-bond acceptors (Lipinski definition) is 5. The molecule has 1 saturated heterocycles. The Bertz CT molecular complexity index is 977. The molecule has 0 saturated carbocycles. The summed E-state index contributed by atoms with van der Waals surface area (Å²) in [7, 11) is 0. The summed E-state index contributed by atoms with van der Waals surface area (Å²) in [6.45, 7) is 4.31. The van der Waals surface area contributed by atoms with Crippen LogP contribution in [0.2, 0.25) is 0 Å². The zero-order valence-corrected chi connectivity index (χ0v) is 16.3. The van der Waals surface area contributed by atoms with Gasteiger partial charge < -0.3 is 4.90 Å². The van der Waals surface area contributed by atoms with Crippen LogP contribution in [-0.4, -0.2) is 51.7 Å². The maximum Gasteiger partial charge on any atom is 0.274 e. The van der Waals surface area contributed by atoms with Crippen molar-refractivity contribution in [3.8, 4) is 0 Å². The molecular formula is C21H22N4O2S. The van der Waals surface area contributed by atoms with Crippen LogP contribution in [0.1, 0.15) is 20.9 Å². The monoisotopic (exact) mass is 394 g/mol. The van der Waals surface area contributed by atoms with Crippen molar-refractivity contribution in [3.63, 3.8) is 0 Å². The topological polar surface area (TPSA) is 58.4 Å². The van der Waals surface area contributed by atoms with Crippen LogP contribution in [0.4, 0.5) is 0 Å². The van der Waals surface area contributed by atoms with E-state index in [4.69, 9.17) is 0 Å². The number of benzene rings is 1. The molecule has 4 rings (SSSR count). The Labute approximate surface area is 167 Å². The first-order valence-electron chi connectivity index (χ1n) is 9.35. The van der Waals surface area contributed by atoms with Gasteiger partial charge in [0, 0.05) is 43.7 Å². The molecule has 1 aliphatic heterocycles. The normalized spacial score (nSPS) is 14.9. The van der Waals surface area contributed by atoms with Crippen LogP contribution in [0.3, 0.4) is 0 Å². The van der Waals surface area contributed by atoms with E-state index in [0.717, 1.165) is 25.2 Å². The molecule has 0 aliphatic carbocycles. The molecule has 1 amide bonds. The minimum atomic E-state index is -0.207. The number of piperazine rings is 1. The van der Waals surface area contributed by atoms with Crippen molar-refractivity contribution in [1.29, 1.82) is 0 Å². The fourth-order valence-electron chi connectivity index (χ4n) is 3.33. The number of rotatable bonds is 5. The lowest BCUT2D eigenvalue weighted by Crippen LogP contribution is -2.48. The highest BCUT2D eigenvalue weighted by Crippen LogP contribution is 2.14. The highest BCUT2D eigenvalue weighted by molar-refractivity contribution is 7.09. The Balaban J connectivity index is 1.41. The molecule has 6 nitrogen and oxygen atoms in total. The molecule has 0 radical (unpaired) electrons. The Hall–Kier alpha value is -2.77. The second-order valence-corrected chi connectivity index (χ2v) is 7.88. The minimum Gasteiger partial charge on any atom is -0.335 e. The van der Waals surface area contributed by atoms with Crippen molar-refractivity contribution in [2.45, 2.75) is 13.1 Å². The lowest BCUT2D eigenvalue weighted by atomic mass is 10.2. The summed E-state index contributed by atoms with van der Waals surface area (Å²) in [4.78, 5) is 30.5. The predicted octanol–water partition coefficient (Wildman–Crippen LogP) is 2.31. The maximum absolute atomic E-state index is 12.9. The molecule has 0 atom stereocenters. The second kappa shape index (κ2) is 8.50. The summed E-state index contributed by atoms with van der Waals surface area (Å²) in [5.41, 5.74) is 1.09. The van der Waals surface area contributed by atoms with Gasteiger partial charge in [0.2, 0.25) is 0 Å². The number of hydrogen-bond donors (Lipinski definition) is 0. The van der Waals surface area contributed by atoms with Crippen molar-refractivity contribution >= 4 is 17.2 Å². The van der Waals surface area contributed by atoms with Gasteiger partial charge in [0.25, 0.3) is 11.5 Å². The molecule has 1 fully saturated rings. The first kappa shape index (κ1) is 18.6. The lowest BCUT2D eigenvalue weighted by Gasteiger charge is -2.34. The zero-order chi connectivity index (χ0) is 19.3. The summed E-state index contributed by atoms with van der Waals surface area (Å²) in [6, 6.07) is 16.8. The molecule has 2 aromatic heterocycles. The Morgan fingerprint density at radius 2 is 1.71 bits per heavy atom. The van der Waals surface area contributed by atoms with E-state index in [9.17, 15) is 9.59 Å². The van der Waals surface area contributed by atoms with Gasteiger partial charge in [0.1, 0.15) is 5.69 Å². The molecule has 0 spiro atoms. The van der Waals surface area contributed by atoms with Crippen molar-refractivity contribution in [2.75, 3.05) is 26.2 Å². The van der Waals surface area contributed by atoms with Crippen molar-refractivity contribution in [3.05, 3.63) is 86.5 Å². The zero-order valence-electron chi connectivity index (χ0n) is 15.5. The van der Waals surface area contributed by atoms with Gasteiger partial charge >= 0.3 is 0 Å². The largest absolute Gasteiger partial charge is 0.335 e. The van der Waals surface area contributed by atoms with Gasteiger partial charge in [-0.3, -0.25) is 14.5 Å². The van der Waals surface area contributed by atoms with E-state index in [0.29, 0.717) is 25.3 Å². The number of aromatic nitrogens is 2. The fourth-order valence-corrected chi connectivity index (χ4v) is 4.07. The number of thiophene rings is 1. The quantitative estimate of drug-likeness (QED) is 0.666. The van der Waals surface area contributed by atoms with Gasteiger partial charge in [0.05, 0.1) is 6.54 Å². The van der Waals surface area contributed by atoms with Crippen molar-refractivity contribution in [1.82, 2.24) is 19.6 Å². The van der Waals surface area contributed by atoms with E-state index in [1.807, 2.05) is 35.2 Å². The molecule has 28 heavy (non-hydrogen) atoms. The molecule has 3 aromatic rings. The average molecular weight is 395 g/mol. The smallest absolute Gasteiger partial charge is 0.274 e. The molecule has 0 bridgehead atoms. The highest BCUT2D eigenvalue weighted by atomic mass is 32.1. The Morgan fingerprint density at radius 1 is 0.929 bits per heavy atom. The van der Waals surface area contributed by atoms with Crippen LogP contribution < -0.4 is 5.56 Å². The van der Waals surface area contributed by atoms with E-state index in [1.54, 1.807) is 11.3 Å². The van der Waals surface area contributed by atoms with E-state index >= 15 is 0 Å². The summed E-state index contributed by atoms with van der Waals surface area (Å²) < 4.78 is 1.36. The summed E-state index contributed by atoms with van der Waals surface area (Å²) >= 11 is 1.76. The highest BCUT2D eigenvalue weighted by Gasteiger charge is 2.23. The van der Waals surface area contributed by atoms with Gasteiger partial charge in [-0.05, 0) is 23.1 Å². The lowest BCUT2D eigenvalue weighted by molar-refractivity contribution is 0.0621. The first-order valence-corrected chi connectivity index (χ1v) is 10.2. The van der Waals surface area contributed by atoms with Crippen LogP contribution >= 0.6 is 11.3 Å². The second-order valence-electron chi connectivity index (χ2n) is 6.85. The summed E-state index contributed by atoms with van der Waals surface area (Å²) in [6.07, 6.45) is 0. The van der Waals surface area contributed by atoms with Crippen LogP contribution in [0.5, 0.6) is 0 Å². The third kappa shape index (κ3) is 4.37. The maximum atomic E-state index is 12.9. The predicted molar refractivity (Wildman–Crippen MR) is 110 cm³/mol. The summed E-state index contributed by atoms with van der Waals surface area (Å²) in [5.74, 6) is -0.113. The molecule has 7 heteroatoms. The van der Waals surface area contributed by atoms with E-state index in [1.165, 1.54) is 21.7 Å². The van der Waals surface area contributed by atoms with Crippen LogP contribution in [0.25, 0.3) is 0 Å². The van der Waals surface area contributed by atoms with Gasteiger partial charge in [-0.25, -0.2) is 4.68 Å². The van der Waals surface area contributed by atoms with E-state index in [-0.39, 0.29) is 11.5 Å². The van der Waals surface area contributed by atoms with E-state index in [2.05, 4.69) is 27.5 Å². The standard InChI is InChI=1S/C21H22N4O2S/c26-20-9-8-19(22-25(20)15-17-5-2-1-3-6-17)21(27)24-12-10-23(11-13-24)16-18-7-4-14-28-18/h1-9,14H,10-13,15-16H2. The Kier molecular flexibility index (Phi) is 5.64. The third-order valence-electron chi connectivity index (χ3n) is 4.88. The molecule has 0 N–H and O–H groups in total. The molecule has 3 heterocycles. The average Bonchev–Trinajstić information content (AvgIpc) is 3.24. The van der Waals surface area contributed by atoms with Crippen LogP contribution in [0, 0.1) is 0 Å².